The molecular formula is C14H12Se2. The normalized spacial score (nSPS) is 13.1. The fourth-order valence-corrected chi connectivity index (χ4v) is 7.98. The standard InChI is InChI=1S/C14H12Se2/c1-9-5-3-7-11-13(9)15-12-8-4-6-10(2)14(12)16-11/h3-8H,1-2H3. The van der Waals surface area contributed by atoms with Gasteiger partial charge < -0.3 is 0 Å². The Bertz CT molecular complexity index is 507. The van der Waals surface area contributed by atoms with Crippen molar-refractivity contribution in [3.8, 4) is 0 Å². The van der Waals surface area contributed by atoms with E-state index >= 15 is 0 Å². The van der Waals surface area contributed by atoms with E-state index in [4.69, 9.17) is 0 Å². The van der Waals surface area contributed by atoms with E-state index in [0.29, 0.717) is 29.9 Å². The van der Waals surface area contributed by atoms with E-state index in [0.717, 1.165) is 0 Å². The fraction of sp³-hybridized carbons (Fsp3) is 0.143. The summed E-state index contributed by atoms with van der Waals surface area (Å²) in [5.74, 6) is 0. The first kappa shape index (κ1) is 10.6. The first-order valence-corrected chi connectivity index (χ1v) is 8.73. The molecule has 0 fully saturated rings. The summed E-state index contributed by atoms with van der Waals surface area (Å²) in [6.07, 6.45) is 0. The Kier molecular flexibility index (Phi) is 2.69. The monoisotopic (exact) mass is 340 g/mol. The van der Waals surface area contributed by atoms with Gasteiger partial charge >= 0.3 is 109 Å². The van der Waals surface area contributed by atoms with E-state index in [1.54, 1.807) is 17.8 Å². The zero-order valence-corrected chi connectivity index (χ0v) is 12.7. The fourth-order valence-electron chi connectivity index (χ4n) is 1.89. The Labute approximate surface area is 109 Å². The summed E-state index contributed by atoms with van der Waals surface area (Å²) in [6.45, 7) is 4.49. The molecule has 80 valence electrons. The molecule has 2 aromatic carbocycles. The van der Waals surface area contributed by atoms with Crippen LogP contribution in [0.5, 0.6) is 0 Å². The predicted molar refractivity (Wildman–Crippen MR) is 72.4 cm³/mol. The topological polar surface area (TPSA) is 0 Å². The second-order valence-corrected chi connectivity index (χ2v) is 8.42. The van der Waals surface area contributed by atoms with Gasteiger partial charge in [0.05, 0.1) is 0 Å². The van der Waals surface area contributed by atoms with Crippen molar-refractivity contribution in [1.29, 1.82) is 0 Å². The molecule has 0 bridgehead atoms. The molecule has 0 nitrogen and oxygen atoms in total. The van der Waals surface area contributed by atoms with Crippen LogP contribution in [0, 0.1) is 13.8 Å². The summed E-state index contributed by atoms with van der Waals surface area (Å²) in [5, 5.41) is 0. The van der Waals surface area contributed by atoms with E-state index in [2.05, 4.69) is 50.2 Å². The van der Waals surface area contributed by atoms with Crippen LogP contribution in [0.2, 0.25) is 0 Å². The Morgan fingerprint density at radius 2 is 1.12 bits per heavy atom. The number of hydrogen-bond donors (Lipinski definition) is 0. The Hall–Kier alpha value is -0.521. The summed E-state index contributed by atoms with van der Waals surface area (Å²) in [7, 11) is 0. The maximum absolute atomic E-state index is 2.32. The van der Waals surface area contributed by atoms with Crippen LogP contribution in [0.4, 0.5) is 0 Å². The number of aryl methyl sites for hydroxylation is 2. The summed E-state index contributed by atoms with van der Waals surface area (Å²) in [5.41, 5.74) is 2.96. The van der Waals surface area contributed by atoms with Crippen molar-refractivity contribution >= 4 is 47.8 Å². The van der Waals surface area contributed by atoms with Gasteiger partial charge in [-0.05, 0) is 0 Å². The zero-order chi connectivity index (χ0) is 11.1. The van der Waals surface area contributed by atoms with Gasteiger partial charge in [-0.1, -0.05) is 0 Å². The number of fused-ring (bicyclic) bond motifs is 2. The molecule has 0 aliphatic carbocycles. The molecule has 0 amide bonds. The van der Waals surface area contributed by atoms with Gasteiger partial charge in [-0.3, -0.25) is 0 Å². The van der Waals surface area contributed by atoms with E-state index in [1.165, 1.54) is 11.1 Å². The summed E-state index contributed by atoms with van der Waals surface area (Å²) >= 11 is 1.03. The average molecular weight is 338 g/mol. The van der Waals surface area contributed by atoms with Crippen molar-refractivity contribution in [2.24, 2.45) is 0 Å². The predicted octanol–water partition coefficient (Wildman–Crippen LogP) is -0.0732. The molecule has 0 N–H and O–H groups in total. The molecule has 0 unspecified atom stereocenters. The van der Waals surface area contributed by atoms with Crippen molar-refractivity contribution in [2.75, 3.05) is 0 Å². The molecular weight excluding hydrogens is 326 g/mol. The molecule has 2 heteroatoms. The summed E-state index contributed by atoms with van der Waals surface area (Å²) in [4.78, 5) is 0. The number of benzene rings is 2. The van der Waals surface area contributed by atoms with Crippen LogP contribution < -0.4 is 17.8 Å². The van der Waals surface area contributed by atoms with Gasteiger partial charge in [-0.2, -0.15) is 0 Å². The van der Waals surface area contributed by atoms with Crippen molar-refractivity contribution in [3.05, 3.63) is 47.5 Å². The molecule has 0 spiro atoms. The third kappa shape index (κ3) is 1.67. The van der Waals surface area contributed by atoms with Crippen LogP contribution in [-0.2, 0) is 0 Å². The van der Waals surface area contributed by atoms with Crippen LogP contribution in [0.25, 0.3) is 0 Å². The first-order chi connectivity index (χ1) is 7.75. The van der Waals surface area contributed by atoms with Crippen molar-refractivity contribution in [2.45, 2.75) is 13.8 Å². The third-order valence-corrected chi connectivity index (χ3v) is 9.57. The van der Waals surface area contributed by atoms with Crippen LogP contribution in [-0.4, -0.2) is 29.9 Å². The van der Waals surface area contributed by atoms with Gasteiger partial charge in [0.1, 0.15) is 0 Å². The Morgan fingerprint density at radius 3 is 1.56 bits per heavy atom. The average Bonchev–Trinajstić information content (AvgIpc) is 2.29. The van der Waals surface area contributed by atoms with Crippen LogP contribution in [0.15, 0.2) is 36.4 Å². The minimum atomic E-state index is 0.516. The van der Waals surface area contributed by atoms with E-state index < -0.39 is 0 Å². The molecule has 0 radical (unpaired) electrons. The molecule has 3 rings (SSSR count). The molecule has 2 aromatic rings. The van der Waals surface area contributed by atoms with Crippen molar-refractivity contribution in [3.63, 3.8) is 0 Å². The minimum absolute atomic E-state index is 0.516. The first-order valence-electron chi connectivity index (χ1n) is 5.30. The quantitative estimate of drug-likeness (QED) is 0.504. The van der Waals surface area contributed by atoms with Crippen LogP contribution >= 0.6 is 0 Å². The molecule has 0 atom stereocenters. The number of hydrogen-bond acceptors (Lipinski definition) is 0. The van der Waals surface area contributed by atoms with Gasteiger partial charge in [-0.25, -0.2) is 0 Å². The van der Waals surface area contributed by atoms with E-state index in [1.807, 2.05) is 0 Å². The molecule has 0 saturated carbocycles. The SMILES string of the molecule is Cc1cccc2c1[Se]c1cccc(C)c1[Se]2. The summed E-state index contributed by atoms with van der Waals surface area (Å²) < 4.78 is 6.48. The molecule has 1 heterocycles. The van der Waals surface area contributed by atoms with Gasteiger partial charge in [0.25, 0.3) is 0 Å². The van der Waals surface area contributed by atoms with Crippen molar-refractivity contribution < 1.29 is 0 Å². The van der Waals surface area contributed by atoms with E-state index in [-0.39, 0.29) is 0 Å². The van der Waals surface area contributed by atoms with Gasteiger partial charge in [0.15, 0.2) is 0 Å². The Morgan fingerprint density at radius 1 is 0.688 bits per heavy atom. The second kappa shape index (κ2) is 4.05. The number of rotatable bonds is 0. The third-order valence-electron chi connectivity index (χ3n) is 2.78. The molecule has 16 heavy (non-hydrogen) atoms. The molecule has 0 saturated heterocycles. The maximum atomic E-state index is 2.32. The summed E-state index contributed by atoms with van der Waals surface area (Å²) in [6, 6.07) is 13.5. The van der Waals surface area contributed by atoms with Crippen LogP contribution in [0.1, 0.15) is 11.1 Å². The molecule has 1 aliphatic heterocycles. The molecule has 1 aliphatic rings. The second-order valence-electron chi connectivity index (χ2n) is 4.01. The van der Waals surface area contributed by atoms with Gasteiger partial charge in [0, 0.05) is 0 Å². The van der Waals surface area contributed by atoms with Crippen LogP contribution in [0.3, 0.4) is 0 Å². The van der Waals surface area contributed by atoms with Gasteiger partial charge in [0.2, 0.25) is 0 Å². The van der Waals surface area contributed by atoms with Crippen molar-refractivity contribution in [1.82, 2.24) is 0 Å². The zero-order valence-electron chi connectivity index (χ0n) is 9.28. The Balaban J connectivity index is 2.17. The van der Waals surface area contributed by atoms with Gasteiger partial charge in [-0.15, -0.1) is 0 Å². The van der Waals surface area contributed by atoms with E-state index in [9.17, 15) is 0 Å². The molecule has 0 aromatic heterocycles.